The van der Waals surface area contributed by atoms with Crippen LogP contribution in [-0.2, 0) is 0 Å². The van der Waals surface area contributed by atoms with Crippen LogP contribution in [0.15, 0.2) is 200 Å². The van der Waals surface area contributed by atoms with Gasteiger partial charge in [0.25, 0.3) is 0 Å². The molecule has 0 unspecified atom stereocenters. The molecule has 0 aliphatic heterocycles. The van der Waals surface area contributed by atoms with Crippen LogP contribution in [0.4, 0.5) is 17.1 Å². The molecule has 1 nitrogen and oxygen atoms in total. The topological polar surface area (TPSA) is 3.24 Å². The summed E-state index contributed by atoms with van der Waals surface area (Å²) in [5.74, 6) is 0. The van der Waals surface area contributed by atoms with Crippen LogP contribution in [0.3, 0.4) is 0 Å². The second kappa shape index (κ2) is 12.0. The average molecular weight is 648 g/mol. The highest BCUT2D eigenvalue weighted by Gasteiger charge is 2.18. The molecule has 10 rings (SSSR count). The smallest absolute Gasteiger partial charge is 0.0540 e. The predicted octanol–water partition coefficient (Wildman–Crippen LogP) is 14.3. The number of hydrogen-bond acceptors (Lipinski definition) is 1. The molecule has 0 spiro atoms. The summed E-state index contributed by atoms with van der Waals surface area (Å²) in [6.07, 6.45) is 0. The lowest BCUT2D eigenvalue weighted by atomic mass is 9.92. The summed E-state index contributed by atoms with van der Waals surface area (Å²) in [6.45, 7) is 0. The van der Waals surface area contributed by atoms with Gasteiger partial charge in [-0.1, -0.05) is 164 Å². The Hall–Kier alpha value is -6.70. The van der Waals surface area contributed by atoms with E-state index in [-0.39, 0.29) is 0 Å². The molecule has 10 aromatic rings. The van der Waals surface area contributed by atoms with Crippen LogP contribution in [0.2, 0.25) is 0 Å². The summed E-state index contributed by atoms with van der Waals surface area (Å²) in [7, 11) is 0. The quantitative estimate of drug-likeness (QED) is 0.168. The molecule has 0 amide bonds. The number of fused-ring (bicyclic) bond motifs is 7. The van der Waals surface area contributed by atoms with E-state index in [9.17, 15) is 0 Å². The maximum absolute atomic E-state index is 2.39. The van der Waals surface area contributed by atoms with Crippen LogP contribution in [0.25, 0.3) is 76.1 Å². The van der Waals surface area contributed by atoms with Crippen molar-refractivity contribution in [1.29, 1.82) is 0 Å². The van der Waals surface area contributed by atoms with Crippen molar-refractivity contribution in [3.8, 4) is 22.3 Å². The van der Waals surface area contributed by atoms with Crippen LogP contribution in [0.1, 0.15) is 0 Å². The molecule has 0 fully saturated rings. The summed E-state index contributed by atoms with van der Waals surface area (Å²) < 4.78 is 0. The fourth-order valence-corrected chi connectivity index (χ4v) is 8.00. The third kappa shape index (κ3) is 4.94. The first kappa shape index (κ1) is 29.2. The first-order valence-electron chi connectivity index (χ1n) is 17.6. The fourth-order valence-electron chi connectivity index (χ4n) is 8.00. The number of rotatable bonds is 5. The number of benzene rings is 10. The Morgan fingerprint density at radius 3 is 1.63 bits per heavy atom. The van der Waals surface area contributed by atoms with Gasteiger partial charge in [0.2, 0.25) is 0 Å². The molecule has 1 heteroatoms. The second-order valence-corrected chi connectivity index (χ2v) is 13.3. The standard InChI is InChI=1S/C50H33N/c1-2-14-40(15-3-1)51(41-28-25-36(26-29-41)43-20-10-13-34-11-4-6-16-42(34)43)49-32-31-44(47-18-8-9-19-48(47)49)38-27-30-46-39(33-38)24-23-37-22-21-35-12-5-7-17-45(35)50(37)46/h1-33H. The molecule has 0 heterocycles. The highest BCUT2D eigenvalue weighted by molar-refractivity contribution is 6.21. The van der Waals surface area contributed by atoms with E-state index in [1.807, 2.05) is 0 Å². The Labute approximate surface area is 297 Å². The summed E-state index contributed by atoms with van der Waals surface area (Å²) in [5.41, 5.74) is 8.30. The van der Waals surface area contributed by atoms with Crippen LogP contribution in [0, 0.1) is 0 Å². The third-order valence-corrected chi connectivity index (χ3v) is 10.4. The lowest BCUT2D eigenvalue weighted by Crippen LogP contribution is -2.10. The van der Waals surface area contributed by atoms with Crippen molar-refractivity contribution in [2.24, 2.45) is 0 Å². The summed E-state index contributed by atoms with van der Waals surface area (Å²) in [6, 6.07) is 73.0. The van der Waals surface area contributed by atoms with E-state index in [0.29, 0.717) is 0 Å². The number of nitrogens with zero attached hydrogens (tertiary/aromatic N) is 1. The first-order valence-corrected chi connectivity index (χ1v) is 17.6. The normalized spacial score (nSPS) is 11.5. The Kier molecular flexibility index (Phi) is 6.89. The molecule has 0 atom stereocenters. The lowest BCUT2D eigenvalue weighted by molar-refractivity contribution is 1.30. The minimum atomic E-state index is 1.12. The molecule has 0 saturated carbocycles. The number of anilines is 3. The third-order valence-electron chi connectivity index (χ3n) is 10.4. The lowest BCUT2D eigenvalue weighted by Gasteiger charge is -2.27. The number of para-hydroxylation sites is 1. The van der Waals surface area contributed by atoms with Crippen molar-refractivity contribution in [2.75, 3.05) is 4.90 Å². The van der Waals surface area contributed by atoms with Crippen molar-refractivity contribution < 1.29 is 0 Å². The Bertz CT molecular complexity index is 2900. The van der Waals surface area contributed by atoms with Crippen molar-refractivity contribution in [2.45, 2.75) is 0 Å². The molecule has 238 valence electrons. The molecular weight excluding hydrogens is 615 g/mol. The molecule has 0 radical (unpaired) electrons. The molecule has 51 heavy (non-hydrogen) atoms. The largest absolute Gasteiger partial charge is 0.310 e. The van der Waals surface area contributed by atoms with E-state index in [1.54, 1.807) is 0 Å². The van der Waals surface area contributed by atoms with Gasteiger partial charge in [-0.3, -0.25) is 0 Å². The number of hydrogen-bond donors (Lipinski definition) is 0. The van der Waals surface area contributed by atoms with E-state index in [4.69, 9.17) is 0 Å². The Balaban J connectivity index is 1.11. The van der Waals surface area contributed by atoms with Gasteiger partial charge in [-0.05, 0) is 107 Å². The van der Waals surface area contributed by atoms with Crippen LogP contribution < -0.4 is 4.90 Å². The highest BCUT2D eigenvalue weighted by atomic mass is 15.1. The monoisotopic (exact) mass is 647 g/mol. The summed E-state index contributed by atoms with van der Waals surface area (Å²) in [5, 5.41) is 12.7. The van der Waals surface area contributed by atoms with E-state index < -0.39 is 0 Å². The molecule has 0 bridgehead atoms. The Morgan fingerprint density at radius 2 is 0.824 bits per heavy atom. The van der Waals surface area contributed by atoms with E-state index >= 15 is 0 Å². The molecule has 0 N–H and O–H groups in total. The predicted molar refractivity (Wildman–Crippen MR) is 220 cm³/mol. The van der Waals surface area contributed by atoms with E-state index in [1.165, 1.54) is 76.1 Å². The zero-order chi connectivity index (χ0) is 33.7. The van der Waals surface area contributed by atoms with Crippen molar-refractivity contribution >= 4 is 70.9 Å². The van der Waals surface area contributed by atoms with Gasteiger partial charge in [-0.15, -0.1) is 0 Å². The van der Waals surface area contributed by atoms with Gasteiger partial charge in [-0.25, -0.2) is 0 Å². The zero-order valence-corrected chi connectivity index (χ0v) is 28.0. The van der Waals surface area contributed by atoms with Gasteiger partial charge < -0.3 is 4.90 Å². The average Bonchev–Trinajstić information content (AvgIpc) is 3.21. The van der Waals surface area contributed by atoms with E-state index in [0.717, 1.165) is 17.1 Å². The highest BCUT2D eigenvalue weighted by Crippen LogP contribution is 2.43. The SMILES string of the molecule is c1ccc(N(c2ccc(-c3cccc4ccccc34)cc2)c2ccc(-c3ccc4c(ccc5ccc6ccccc6c54)c3)c3ccccc23)cc1. The van der Waals surface area contributed by atoms with Gasteiger partial charge in [0.05, 0.1) is 5.69 Å². The van der Waals surface area contributed by atoms with Gasteiger partial charge in [0, 0.05) is 16.8 Å². The van der Waals surface area contributed by atoms with Crippen molar-refractivity contribution in [1.82, 2.24) is 0 Å². The molecule has 0 aliphatic carbocycles. The minimum absolute atomic E-state index is 1.12. The fraction of sp³-hybridized carbons (Fsp3) is 0. The van der Waals surface area contributed by atoms with E-state index in [2.05, 4.69) is 205 Å². The maximum Gasteiger partial charge on any atom is 0.0540 e. The van der Waals surface area contributed by atoms with Crippen molar-refractivity contribution in [3.63, 3.8) is 0 Å². The molecular formula is C50H33N. The molecule has 0 aliphatic rings. The summed E-state index contributed by atoms with van der Waals surface area (Å²) >= 11 is 0. The second-order valence-electron chi connectivity index (χ2n) is 13.3. The molecule has 10 aromatic carbocycles. The first-order chi connectivity index (χ1) is 25.3. The van der Waals surface area contributed by atoms with Gasteiger partial charge in [0.15, 0.2) is 0 Å². The van der Waals surface area contributed by atoms with Gasteiger partial charge >= 0.3 is 0 Å². The Morgan fingerprint density at radius 1 is 0.275 bits per heavy atom. The van der Waals surface area contributed by atoms with Crippen LogP contribution in [-0.4, -0.2) is 0 Å². The summed E-state index contributed by atoms with van der Waals surface area (Å²) in [4.78, 5) is 2.39. The molecule has 0 aromatic heterocycles. The van der Waals surface area contributed by atoms with Crippen molar-refractivity contribution in [3.05, 3.63) is 200 Å². The van der Waals surface area contributed by atoms with Gasteiger partial charge in [0.1, 0.15) is 0 Å². The minimum Gasteiger partial charge on any atom is -0.310 e. The molecule has 0 saturated heterocycles. The zero-order valence-electron chi connectivity index (χ0n) is 28.0. The van der Waals surface area contributed by atoms with Crippen LogP contribution >= 0.6 is 0 Å². The maximum atomic E-state index is 2.39. The van der Waals surface area contributed by atoms with Crippen LogP contribution in [0.5, 0.6) is 0 Å². The van der Waals surface area contributed by atoms with Gasteiger partial charge in [-0.2, -0.15) is 0 Å².